The summed E-state index contributed by atoms with van der Waals surface area (Å²) in [5, 5.41) is 3.06. The molecule has 3 aromatic heterocycles. The number of morpholine rings is 1. The number of halogens is 6. The Kier molecular flexibility index (Phi) is 7.36. The second kappa shape index (κ2) is 10.6. The first-order chi connectivity index (χ1) is 18.9. The van der Waals surface area contributed by atoms with E-state index < -0.39 is 23.5 Å². The van der Waals surface area contributed by atoms with E-state index in [-0.39, 0.29) is 52.9 Å². The van der Waals surface area contributed by atoms with Crippen LogP contribution in [0.5, 0.6) is 0 Å². The molecule has 2 atom stereocenters. The molecule has 1 aliphatic heterocycles. The first kappa shape index (κ1) is 27.7. The fourth-order valence-electron chi connectivity index (χ4n) is 4.84. The summed E-state index contributed by atoms with van der Waals surface area (Å²) in [5.74, 6) is 0.347. The minimum absolute atomic E-state index is 0.0527. The van der Waals surface area contributed by atoms with Crippen molar-refractivity contribution in [1.29, 1.82) is 0 Å². The molecule has 1 fully saturated rings. The molecule has 0 radical (unpaired) electrons. The number of benzene rings is 1. The van der Waals surface area contributed by atoms with Crippen LogP contribution in [0, 0.1) is 0 Å². The first-order valence-electron chi connectivity index (χ1n) is 12.4. The Balaban J connectivity index is 1.62. The predicted octanol–water partition coefficient (Wildman–Crippen LogP) is 6.48. The van der Waals surface area contributed by atoms with Crippen molar-refractivity contribution < 1.29 is 31.1 Å². The van der Waals surface area contributed by atoms with Crippen LogP contribution in [-0.2, 0) is 23.6 Å². The van der Waals surface area contributed by atoms with Gasteiger partial charge in [-0.1, -0.05) is 6.07 Å². The van der Waals surface area contributed by atoms with Crippen molar-refractivity contribution in [3.8, 4) is 11.3 Å². The van der Waals surface area contributed by atoms with Crippen LogP contribution in [0.3, 0.4) is 0 Å². The molecule has 1 N–H and O–H groups in total. The lowest BCUT2D eigenvalue weighted by Gasteiger charge is -2.34. The molecule has 1 saturated heterocycles. The van der Waals surface area contributed by atoms with Crippen molar-refractivity contribution in [2.75, 3.05) is 18.4 Å². The van der Waals surface area contributed by atoms with Gasteiger partial charge in [-0.25, -0.2) is 9.97 Å². The summed E-state index contributed by atoms with van der Waals surface area (Å²) < 4.78 is 87.9. The number of hydrogen-bond acceptors (Lipinski definition) is 7. The maximum atomic E-state index is 13.7. The van der Waals surface area contributed by atoms with E-state index in [9.17, 15) is 26.3 Å². The minimum atomic E-state index is -4.66. The van der Waals surface area contributed by atoms with Crippen molar-refractivity contribution >= 4 is 22.4 Å². The van der Waals surface area contributed by atoms with Gasteiger partial charge in [0.05, 0.1) is 53.0 Å². The molecule has 210 valence electrons. The summed E-state index contributed by atoms with van der Waals surface area (Å²) in [7, 11) is 0. The highest BCUT2D eigenvalue weighted by atomic mass is 19.4. The molecule has 4 heterocycles. The van der Waals surface area contributed by atoms with Crippen LogP contribution in [0.25, 0.3) is 22.2 Å². The van der Waals surface area contributed by atoms with Crippen LogP contribution in [0.4, 0.5) is 37.8 Å². The van der Waals surface area contributed by atoms with Gasteiger partial charge < -0.3 is 10.1 Å². The second-order valence-electron chi connectivity index (χ2n) is 9.61. The van der Waals surface area contributed by atoms with Gasteiger partial charge in [0.2, 0.25) is 0 Å². The van der Waals surface area contributed by atoms with Gasteiger partial charge in [-0.2, -0.15) is 26.3 Å². The molecule has 0 bridgehead atoms. The number of nitrogens with one attached hydrogen (secondary N) is 1. The topological polar surface area (TPSA) is 76.1 Å². The number of fused-ring (bicyclic) bond motifs is 1. The van der Waals surface area contributed by atoms with Crippen molar-refractivity contribution in [1.82, 2.24) is 24.8 Å². The van der Waals surface area contributed by atoms with Crippen LogP contribution in [0.1, 0.15) is 30.8 Å². The molecular formula is C27H24F6N6O. The van der Waals surface area contributed by atoms with Gasteiger partial charge in [0.25, 0.3) is 0 Å². The lowest BCUT2D eigenvalue weighted by atomic mass is 10.0. The van der Waals surface area contributed by atoms with Crippen LogP contribution < -0.4 is 5.32 Å². The summed E-state index contributed by atoms with van der Waals surface area (Å²) in [5.41, 5.74) is -2.05. The Bertz CT molecular complexity index is 1520. The second-order valence-corrected chi connectivity index (χ2v) is 9.61. The molecule has 4 aromatic rings. The number of ether oxygens (including phenoxy) is 1. The third-order valence-electron chi connectivity index (χ3n) is 6.37. The van der Waals surface area contributed by atoms with E-state index in [1.165, 1.54) is 30.5 Å². The summed E-state index contributed by atoms with van der Waals surface area (Å²) in [6.45, 7) is 5.27. The summed E-state index contributed by atoms with van der Waals surface area (Å²) in [6, 6.07) is 7.29. The number of pyridine rings is 2. The Labute approximate surface area is 225 Å². The van der Waals surface area contributed by atoms with Crippen LogP contribution in [-0.4, -0.2) is 50.1 Å². The monoisotopic (exact) mass is 562 g/mol. The van der Waals surface area contributed by atoms with E-state index in [0.29, 0.717) is 18.5 Å². The van der Waals surface area contributed by atoms with Crippen LogP contribution in [0.2, 0.25) is 0 Å². The van der Waals surface area contributed by atoms with E-state index in [0.717, 1.165) is 24.5 Å². The zero-order valence-electron chi connectivity index (χ0n) is 21.4. The Morgan fingerprint density at radius 1 is 0.925 bits per heavy atom. The Morgan fingerprint density at radius 2 is 1.65 bits per heavy atom. The molecule has 0 spiro atoms. The highest BCUT2D eigenvalue weighted by Gasteiger charge is 2.35. The highest BCUT2D eigenvalue weighted by molar-refractivity contribution is 5.93. The zero-order chi connectivity index (χ0) is 28.7. The summed E-state index contributed by atoms with van der Waals surface area (Å²) in [6.07, 6.45) is -6.06. The summed E-state index contributed by atoms with van der Waals surface area (Å²) in [4.78, 5) is 18.9. The Morgan fingerprint density at radius 3 is 2.35 bits per heavy atom. The van der Waals surface area contributed by atoms with E-state index in [1.807, 2.05) is 13.8 Å². The molecule has 1 aromatic carbocycles. The van der Waals surface area contributed by atoms with E-state index >= 15 is 0 Å². The molecule has 40 heavy (non-hydrogen) atoms. The van der Waals surface area contributed by atoms with Gasteiger partial charge in [0.15, 0.2) is 0 Å². The van der Waals surface area contributed by atoms with Gasteiger partial charge in [-0.05, 0) is 44.2 Å². The first-order valence-corrected chi connectivity index (χ1v) is 12.4. The molecule has 2 unspecified atom stereocenters. The van der Waals surface area contributed by atoms with Crippen molar-refractivity contribution in [2.45, 2.75) is 45.0 Å². The molecule has 0 saturated carbocycles. The normalized spacial score (nSPS) is 18.7. The molecule has 0 aliphatic carbocycles. The molecule has 1 aliphatic rings. The number of rotatable bonds is 5. The fourth-order valence-corrected chi connectivity index (χ4v) is 4.84. The third-order valence-corrected chi connectivity index (χ3v) is 6.37. The van der Waals surface area contributed by atoms with Gasteiger partial charge in [-0.3, -0.25) is 14.9 Å². The number of hydrogen-bond donors (Lipinski definition) is 1. The van der Waals surface area contributed by atoms with Gasteiger partial charge in [0, 0.05) is 36.4 Å². The van der Waals surface area contributed by atoms with E-state index in [1.54, 1.807) is 0 Å². The average molecular weight is 563 g/mol. The number of aromatic nitrogens is 4. The highest BCUT2D eigenvalue weighted by Crippen LogP contribution is 2.38. The molecule has 0 amide bonds. The molecule has 5 rings (SSSR count). The number of nitrogens with zero attached hydrogens (tertiary/aromatic N) is 5. The van der Waals surface area contributed by atoms with Gasteiger partial charge in [0.1, 0.15) is 11.6 Å². The summed E-state index contributed by atoms with van der Waals surface area (Å²) >= 11 is 0. The molecule has 7 nitrogen and oxygen atoms in total. The van der Waals surface area contributed by atoms with Crippen LogP contribution in [0.15, 0.2) is 55.0 Å². The smallest absolute Gasteiger partial charge is 0.373 e. The van der Waals surface area contributed by atoms with E-state index in [4.69, 9.17) is 4.74 Å². The van der Waals surface area contributed by atoms with Crippen molar-refractivity contribution in [2.24, 2.45) is 0 Å². The molecular weight excluding hydrogens is 538 g/mol. The van der Waals surface area contributed by atoms with Crippen molar-refractivity contribution in [3.63, 3.8) is 0 Å². The Hall–Kier alpha value is -3.84. The predicted molar refractivity (Wildman–Crippen MR) is 136 cm³/mol. The zero-order valence-corrected chi connectivity index (χ0v) is 21.4. The third kappa shape index (κ3) is 5.99. The van der Waals surface area contributed by atoms with Crippen LogP contribution >= 0.6 is 0 Å². The number of anilines is 2. The fraction of sp³-hybridized carbons (Fsp3) is 0.333. The standard InChI is InChI=1S/C27H24F6N6O/c1-15-12-39(13-16(2)40-15)14-23-36-21-10-17(24-20(27(31,32)33)4-3-8-35-24)5-6-18(21)25(38-23)37-22-11-34-9-7-19(22)26(28,29)30/h3-11,15-16H,12-14H2,1-2H3,(H,36,37,38). The van der Waals surface area contributed by atoms with E-state index in [2.05, 4.69) is 30.2 Å². The lowest BCUT2D eigenvalue weighted by molar-refractivity contribution is -0.138. The largest absolute Gasteiger partial charge is 0.418 e. The SMILES string of the molecule is CC1CN(Cc2nc(Nc3cnccc3C(F)(F)F)c3ccc(-c4ncccc4C(F)(F)F)cc3n2)CC(C)O1. The maximum absolute atomic E-state index is 13.7. The lowest BCUT2D eigenvalue weighted by Crippen LogP contribution is -2.45. The maximum Gasteiger partial charge on any atom is 0.418 e. The molecule has 13 heteroatoms. The minimum Gasteiger partial charge on any atom is -0.373 e. The quantitative estimate of drug-likeness (QED) is 0.279. The number of alkyl halides is 6. The van der Waals surface area contributed by atoms with Gasteiger partial charge in [-0.15, -0.1) is 0 Å². The van der Waals surface area contributed by atoms with Crippen molar-refractivity contribution in [3.05, 3.63) is 71.9 Å². The van der Waals surface area contributed by atoms with Gasteiger partial charge >= 0.3 is 12.4 Å². The average Bonchev–Trinajstić information content (AvgIpc) is 2.87.